The van der Waals surface area contributed by atoms with Crippen molar-refractivity contribution in [3.05, 3.63) is 77.2 Å². The van der Waals surface area contributed by atoms with E-state index in [2.05, 4.69) is 4.98 Å². The van der Waals surface area contributed by atoms with E-state index in [4.69, 9.17) is 0 Å². The van der Waals surface area contributed by atoms with Crippen LogP contribution in [0.25, 0.3) is 10.9 Å². The number of fused-ring (bicyclic) bond motifs is 2. The van der Waals surface area contributed by atoms with E-state index in [1.165, 1.54) is 12.1 Å². The molecule has 3 heteroatoms. The first-order valence-corrected chi connectivity index (χ1v) is 7.03. The van der Waals surface area contributed by atoms with Crippen LogP contribution >= 0.6 is 0 Å². The molecule has 2 nitrogen and oxygen atoms in total. The molecule has 0 amide bonds. The molecule has 0 aliphatic heterocycles. The zero-order valence-corrected chi connectivity index (χ0v) is 11.4. The molecule has 1 aliphatic rings. The molecule has 1 aliphatic carbocycles. The normalized spacial score (nSPS) is 20.7. The number of aryl methyl sites for hydroxylation is 1. The van der Waals surface area contributed by atoms with Gasteiger partial charge in [-0.2, -0.15) is 0 Å². The van der Waals surface area contributed by atoms with Crippen LogP contribution in [0.15, 0.2) is 54.7 Å². The molecule has 21 heavy (non-hydrogen) atoms. The Kier molecular flexibility index (Phi) is 2.59. The van der Waals surface area contributed by atoms with Gasteiger partial charge in [-0.1, -0.05) is 24.3 Å². The maximum atomic E-state index is 13.3. The van der Waals surface area contributed by atoms with E-state index in [-0.39, 0.29) is 5.82 Å². The zero-order valence-electron chi connectivity index (χ0n) is 11.4. The number of nitrogens with zero attached hydrogens (tertiary/aromatic N) is 1. The van der Waals surface area contributed by atoms with Crippen molar-refractivity contribution in [1.82, 2.24) is 4.98 Å². The van der Waals surface area contributed by atoms with Crippen molar-refractivity contribution in [2.75, 3.05) is 0 Å². The number of rotatable bonds is 1. The van der Waals surface area contributed by atoms with E-state index in [9.17, 15) is 9.50 Å². The molecule has 1 heterocycles. The highest BCUT2D eigenvalue weighted by molar-refractivity contribution is 5.79. The molecule has 0 radical (unpaired) electrons. The Hall–Kier alpha value is -2.26. The summed E-state index contributed by atoms with van der Waals surface area (Å²) in [7, 11) is 0. The van der Waals surface area contributed by atoms with Crippen molar-refractivity contribution in [3.63, 3.8) is 0 Å². The summed E-state index contributed by atoms with van der Waals surface area (Å²) in [4.78, 5) is 4.34. The molecule has 0 saturated heterocycles. The smallest absolute Gasteiger partial charge is 0.123 e. The summed E-state index contributed by atoms with van der Waals surface area (Å²) in [6.07, 6.45) is 3.00. The van der Waals surface area contributed by atoms with Crippen LogP contribution in [0.1, 0.15) is 23.1 Å². The third-order valence-corrected chi connectivity index (χ3v) is 4.35. The van der Waals surface area contributed by atoms with Gasteiger partial charge in [0.15, 0.2) is 0 Å². The summed E-state index contributed by atoms with van der Waals surface area (Å²) in [6.45, 7) is 0. The summed E-state index contributed by atoms with van der Waals surface area (Å²) in [5.74, 6) is -0.252. The summed E-state index contributed by atoms with van der Waals surface area (Å²) < 4.78 is 13.3. The zero-order chi connectivity index (χ0) is 14.4. The standard InChI is InChI=1S/C18H14FNO/c19-15-5-6-16-13(10-15)7-8-18(16,21)14-4-3-12-2-1-9-20-17(12)11-14/h1-6,9-11,21H,7-8H2. The molecule has 0 saturated carbocycles. The van der Waals surface area contributed by atoms with Gasteiger partial charge in [-0.15, -0.1) is 0 Å². The number of aliphatic hydroxyl groups is 1. The van der Waals surface area contributed by atoms with Crippen LogP contribution in [0.3, 0.4) is 0 Å². The van der Waals surface area contributed by atoms with Gasteiger partial charge in [0, 0.05) is 11.6 Å². The van der Waals surface area contributed by atoms with Crippen LogP contribution in [0, 0.1) is 5.82 Å². The molecule has 104 valence electrons. The topological polar surface area (TPSA) is 33.1 Å². The molecule has 1 N–H and O–H groups in total. The SMILES string of the molecule is OC1(c2ccc3cccnc3c2)CCc2cc(F)ccc21. The van der Waals surface area contributed by atoms with Gasteiger partial charge < -0.3 is 5.11 Å². The van der Waals surface area contributed by atoms with Crippen LogP contribution in [0.5, 0.6) is 0 Å². The average Bonchev–Trinajstić information content (AvgIpc) is 2.84. The third-order valence-electron chi connectivity index (χ3n) is 4.35. The predicted molar refractivity (Wildman–Crippen MR) is 79.5 cm³/mol. The van der Waals surface area contributed by atoms with Gasteiger partial charge in [0.1, 0.15) is 11.4 Å². The average molecular weight is 279 g/mol. The molecular weight excluding hydrogens is 265 g/mol. The van der Waals surface area contributed by atoms with Gasteiger partial charge in [-0.3, -0.25) is 4.98 Å². The van der Waals surface area contributed by atoms with E-state index in [0.717, 1.165) is 27.6 Å². The molecule has 3 aromatic rings. The van der Waals surface area contributed by atoms with Gasteiger partial charge in [0.25, 0.3) is 0 Å². The number of aromatic nitrogens is 1. The van der Waals surface area contributed by atoms with Gasteiger partial charge in [0.2, 0.25) is 0 Å². The Morgan fingerprint density at radius 3 is 2.90 bits per heavy atom. The van der Waals surface area contributed by atoms with E-state index >= 15 is 0 Å². The number of benzene rings is 2. The lowest BCUT2D eigenvalue weighted by molar-refractivity contribution is 0.0830. The molecule has 0 fully saturated rings. The second kappa shape index (κ2) is 4.37. The Labute approximate surface area is 121 Å². The molecule has 1 unspecified atom stereocenters. The first kappa shape index (κ1) is 12.5. The monoisotopic (exact) mass is 279 g/mol. The summed E-state index contributed by atoms with van der Waals surface area (Å²) in [5.41, 5.74) is 2.32. The minimum absolute atomic E-state index is 0.252. The highest BCUT2D eigenvalue weighted by Gasteiger charge is 2.38. The van der Waals surface area contributed by atoms with Crippen molar-refractivity contribution in [3.8, 4) is 0 Å². The van der Waals surface area contributed by atoms with Crippen LogP contribution in [0.2, 0.25) is 0 Å². The van der Waals surface area contributed by atoms with Crippen LogP contribution in [0.4, 0.5) is 4.39 Å². The fraction of sp³-hybridized carbons (Fsp3) is 0.167. The van der Waals surface area contributed by atoms with E-state index < -0.39 is 5.60 Å². The Balaban J connectivity index is 1.89. The lowest BCUT2D eigenvalue weighted by Gasteiger charge is -2.25. The minimum Gasteiger partial charge on any atom is -0.380 e. The Morgan fingerprint density at radius 1 is 1.10 bits per heavy atom. The third kappa shape index (κ3) is 1.85. The van der Waals surface area contributed by atoms with Crippen molar-refractivity contribution in [2.45, 2.75) is 18.4 Å². The molecule has 1 atom stereocenters. The second-order valence-corrected chi connectivity index (χ2v) is 5.57. The molecule has 4 rings (SSSR count). The number of halogens is 1. The fourth-order valence-corrected chi connectivity index (χ4v) is 3.25. The van der Waals surface area contributed by atoms with Gasteiger partial charge >= 0.3 is 0 Å². The minimum atomic E-state index is -1.05. The number of hydrogen-bond acceptors (Lipinski definition) is 2. The van der Waals surface area contributed by atoms with Crippen molar-refractivity contribution >= 4 is 10.9 Å². The molecule has 0 spiro atoms. The van der Waals surface area contributed by atoms with Crippen molar-refractivity contribution < 1.29 is 9.50 Å². The predicted octanol–water partition coefficient (Wildman–Crippen LogP) is 3.56. The largest absolute Gasteiger partial charge is 0.380 e. The van der Waals surface area contributed by atoms with E-state index in [0.29, 0.717) is 12.8 Å². The van der Waals surface area contributed by atoms with Crippen molar-refractivity contribution in [2.24, 2.45) is 0 Å². The van der Waals surface area contributed by atoms with Crippen LogP contribution in [-0.4, -0.2) is 10.1 Å². The lowest BCUT2D eigenvalue weighted by Crippen LogP contribution is -2.23. The highest BCUT2D eigenvalue weighted by atomic mass is 19.1. The first-order valence-electron chi connectivity index (χ1n) is 7.03. The van der Waals surface area contributed by atoms with Crippen LogP contribution < -0.4 is 0 Å². The number of pyridine rings is 1. The maximum absolute atomic E-state index is 13.3. The molecular formula is C18H14FNO. The lowest BCUT2D eigenvalue weighted by atomic mass is 9.87. The van der Waals surface area contributed by atoms with Crippen LogP contribution in [-0.2, 0) is 12.0 Å². The highest BCUT2D eigenvalue weighted by Crippen LogP contribution is 2.42. The van der Waals surface area contributed by atoms with E-state index in [1.54, 1.807) is 12.3 Å². The summed E-state index contributed by atoms with van der Waals surface area (Å²) in [5, 5.41) is 12.2. The summed E-state index contributed by atoms with van der Waals surface area (Å²) in [6, 6.07) is 14.3. The molecule has 2 aromatic carbocycles. The van der Waals surface area contributed by atoms with Gasteiger partial charge in [-0.25, -0.2) is 4.39 Å². The number of hydrogen-bond donors (Lipinski definition) is 1. The van der Waals surface area contributed by atoms with E-state index in [1.807, 2.05) is 30.3 Å². The second-order valence-electron chi connectivity index (χ2n) is 5.57. The first-order chi connectivity index (χ1) is 10.2. The molecule has 1 aromatic heterocycles. The fourth-order valence-electron chi connectivity index (χ4n) is 3.25. The summed E-state index contributed by atoms with van der Waals surface area (Å²) >= 11 is 0. The van der Waals surface area contributed by atoms with Gasteiger partial charge in [0.05, 0.1) is 5.52 Å². The Morgan fingerprint density at radius 2 is 2.00 bits per heavy atom. The quantitative estimate of drug-likeness (QED) is 0.739. The Bertz CT molecular complexity index is 845. The maximum Gasteiger partial charge on any atom is 0.123 e. The van der Waals surface area contributed by atoms with Crippen molar-refractivity contribution in [1.29, 1.82) is 0 Å². The molecule has 0 bridgehead atoms. The van der Waals surface area contributed by atoms with Gasteiger partial charge in [-0.05, 0) is 53.8 Å².